The predicted molar refractivity (Wildman–Crippen MR) is 55.9 cm³/mol. The molecule has 0 radical (unpaired) electrons. The summed E-state index contributed by atoms with van der Waals surface area (Å²) in [5.74, 6) is -0.747. The molecule has 0 unspecified atom stereocenters. The summed E-state index contributed by atoms with van der Waals surface area (Å²) in [7, 11) is 1.29. The lowest BCUT2D eigenvalue weighted by Gasteiger charge is -2.05. The summed E-state index contributed by atoms with van der Waals surface area (Å²) in [5.41, 5.74) is 1.13. The average molecular weight is 209 g/mol. The van der Waals surface area contributed by atoms with E-state index in [-0.39, 0.29) is 5.82 Å². The van der Waals surface area contributed by atoms with E-state index in [0.29, 0.717) is 11.3 Å². The number of esters is 1. The lowest BCUT2D eigenvalue weighted by atomic mass is 10.2. The molecule has 1 rings (SSSR count). The third-order valence-electron chi connectivity index (χ3n) is 1.93. The quantitative estimate of drug-likeness (QED) is 0.612. The second-order valence-corrected chi connectivity index (χ2v) is 2.91. The van der Waals surface area contributed by atoms with Gasteiger partial charge in [0, 0.05) is 23.5 Å². The van der Waals surface area contributed by atoms with Crippen LogP contribution in [0.4, 0.5) is 10.1 Å². The Morgan fingerprint density at radius 1 is 1.53 bits per heavy atom. The van der Waals surface area contributed by atoms with E-state index in [4.69, 9.17) is 0 Å². The number of carbonyl (C=O) groups excluding carboxylic acids is 1. The molecule has 0 spiro atoms. The molecule has 15 heavy (non-hydrogen) atoms. The SMILES string of the molecule is COC(=O)/C=C/Nc1cccc(F)c1C. The van der Waals surface area contributed by atoms with Crippen LogP contribution >= 0.6 is 0 Å². The van der Waals surface area contributed by atoms with Gasteiger partial charge in [0.1, 0.15) is 5.82 Å². The maximum atomic E-state index is 13.1. The molecule has 1 N–H and O–H groups in total. The highest BCUT2D eigenvalue weighted by atomic mass is 19.1. The largest absolute Gasteiger partial charge is 0.466 e. The minimum atomic E-state index is -0.462. The molecule has 0 aliphatic rings. The Balaban J connectivity index is 2.70. The number of anilines is 1. The number of halogens is 1. The van der Waals surface area contributed by atoms with E-state index in [1.807, 2.05) is 0 Å². The van der Waals surface area contributed by atoms with Crippen LogP contribution < -0.4 is 5.32 Å². The van der Waals surface area contributed by atoms with Gasteiger partial charge in [-0.05, 0) is 19.1 Å². The molecule has 0 aliphatic carbocycles. The summed E-state index contributed by atoms with van der Waals surface area (Å²) in [6, 6.07) is 4.70. The zero-order valence-corrected chi connectivity index (χ0v) is 8.58. The van der Waals surface area contributed by atoms with E-state index in [1.54, 1.807) is 19.1 Å². The molecular weight excluding hydrogens is 197 g/mol. The minimum absolute atomic E-state index is 0.286. The second kappa shape index (κ2) is 5.14. The van der Waals surface area contributed by atoms with Crippen LogP contribution in [0.2, 0.25) is 0 Å². The molecule has 1 aromatic rings. The van der Waals surface area contributed by atoms with Gasteiger partial charge in [0.25, 0.3) is 0 Å². The summed E-state index contributed by atoms with van der Waals surface area (Å²) in [5, 5.41) is 2.80. The van der Waals surface area contributed by atoms with E-state index in [0.717, 1.165) is 0 Å². The third kappa shape index (κ3) is 3.09. The highest BCUT2D eigenvalue weighted by Crippen LogP contribution is 2.16. The van der Waals surface area contributed by atoms with Crippen LogP contribution in [-0.4, -0.2) is 13.1 Å². The second-order valence-electron chi connectivity index (χ2n) is 2.91. The van der Waals surface area contributed by atoms with E-state index in [2.05, 4.69) is 10.1 Å². The van der Waals surface area contributed by atoms with Crippen LogP contribution in [-0.2, 0) is 9.53 Å². The predicted octanol–water partition coefficient (Wildman–Crippen LogP) is 2.23. The summed E-state index contributed by atoms with van der Waals surface area (Å²) >= 11 is 0. The fraction of sp³-hybridized carbons (Fsp3) is 0.182. The van der Waals surface area contributed by atoms with Gasteiger partial charge in [-0.3, -0.25) is 0 Å². The Morgan fingerprint density at radius 2 is 2.27 bits per heavy atom. The number of carbonyl (C=O) groups is 1. The number of rotatable bonds is 3. The van der Waals surface area contributed by atoms with Gasteiger partial charge in [-0.25, -0.2) is 9.18 Å². The lowest BCUT2D eigenvalue weighted by Crippen LogP contribution is -1.98. The standard InChI is InChI=1S/C11H12FNO2/c1-8-9(12)4-3-5-10(8)13-7-6-11(14)15-2/h3-7,13H,1-2H3/b7-6+. The molecule has 0 saturated heterocycles. The summed E-state index contributed by atoms with van der Waals surface area (Å²) in [6.45, 7) is 1.66. The van der Waals surface area contributed by atoms with Crippen molar-refractivity contribution < 1.29 is 13.9 Å². The Hall–Kier alpha value is -1.84. The van der Waals surface area contributed by atoms with Crippen LogP contribution in [0.3, 0.4) is 0 Å². The zero-order valence-electron chi connectivity index (χ0n) is 8.58. The molecule has 0 atom stereocenters. The zero-order chi connectivity index (χ0) is 11.3. The van der Waals surface area contributed by atoms with Gasteiger partial charge in [0.15, 0.2) is 0 Å². The molecule has 0 amide bonds. The van der Waals surface area contributed by atoms with Crippen LogP contribution in [0.1, 0.15) is 5.56 Å². The molecule has 0 bridgehead atoms. The van der Waals surface area contributed by atoms with E-state index < -0.39 is 5.97 Å². The van der Waals surface area contributed by atoms with Gasteiger partial charge in [0.2, 0.25) is 0 Å². The van der Waals surface area contributed by atoms with Gasteiger partial charge in [-0.2, -0.15) is 0 Å². The first-order valence-electron chi connectivity index (χ1n) is 4.41. The molecule has 0 heterocycles. The molecule has 0 saturated carbocycles. The molecular formula is C11H12FNO2. The Kier molecular flexibility index (Phi) is 3.85. The number of ether oxygens (including phenoxy) is 1. The van der Waals surface area contributed by atoms with Crippen molar-refractivity contribution in [1.82, 2.24) is 0 Å². The number of methoxy groups -OCH3 is 1. The van der Waals surface area contributed by atoms with E-state index in [1.165, 1.54) is 25.5 Å². The normalized spacial score (nSPS) is 10.3. The van der Waals surface area contributed by atoms with Crippen molar-refractivity contribution in [2.45, 2.75) is 6.92 Å². The highest BCUT2D eigenvalue weighted by Gasteiger charge is 2.00. The van der Waals surface area contributed by atoms with Crippen molar-refractivity contribution in [3.05, 3.63) is 41.9 Å². The number of nitrogens with one attached hydrogen (secondary N) is 1. The van der Waals surface area contributed by atoms with Gasteiger partial charge in [0.05, 0.1) is 7.11 Å². The van der Waals surface area contributed by atoms with Crippen molar-refractivity contribution >= 4 is 11.7 Å². The third-order valence-corrected chi connectivity index (χ3v) is 1.93. The minimum Gasteiger partial charge on any atom is -0.466 e. The van der Waals surface area contributed by atoms with Crippen molar-refractivity contribution in [2.24, 2.45) is 0 Å². The molecule has 0 aliphatic heterocycles. The fourth-order valence-corrected chi connectivity index (χ4v) is 1.03. The van der Waals surface area contributed by atoms with Crippen LogP contribution in [0.25, 0.3) is 0 Å². The molecule has 1 aromatic carbocycles. The molecule has 80 valence electrons. The summed E-state index contributed by atoms with van der Waals surface area (Å²) in [6.07, 6.45) is 2.64. The Morgan fingerprint density at radius 3 is 2.93 bits per heavy atom. The van der Waals surface area contributed by atoms with Crippen molar-refractivity contribution in [1.29, 1.82) is 0 Å². The summed E-state index contributed by atoms with van der Waals surface area (Å²) < 4.78 is 17.5. The maximum Gasteiger partial charge on any atom is 0.331 e. The monoisotopic (exact) mass is 209 g/mol. The Labute approximate surface area is 87.6 Å². The topological polar surface area (TPSA) is 38.3 Å². The first kappa shape index (κ1) is 11.2. The maximum absolute atomic E-state index is 13.1. The van der Waals surface area contributed by atoms with E-state index in [9.17, 15) is 9.18 Å². The number of benzene rings is 1. The van der Waals surface area contributed by atoms with E-state index >= 15 is 0 Å². The fourth-order valence-electron chi connectivity index (χ4n) is 1.03. The van der Waals surface area contributed by atoms with Crippen molar-refractivity contribution in [2.75, 3.05) is 12.4 Å². The first-order valence-corrected chi connectivity index (χ1v) is 4.41. The Bertz CT molecular complexity index is 388. The average Bonchev–Trinajstić information content (AvgIpc) is 2.24. The highest BCUT2D eigenvalue weighted by molar-refractivity contribution is 5.82. The lowest BCUT2D eigenvalue weighted by molar-refractivity contribution is -0.134. The molecule has 0 fully saturated rings. The molecule has 0 aromatic heterocycles. The smallest absolute Gasteiger partial charge is 0.331 e. The van der Waals surface area contributed by atoms with Crippen LogP contribution in [0.5, 0.6) is 0 Å². The van der Waals surface area contributed by atoms with Crippen molar-refractivity contribution in [3.63, 3.8) is 0 Å². The molecule has 4 heteroatoms. The summed E-state index contributed by atoms with van der Waals surface area (Å²) in [4.78, 5) is 10.7. The van der Waals surface area contributed by atoms with Gasteiger partial charge in [-0.1, -0.05) is 6.07 Å². The van der Waals surface area contributed by atoms with Crippen LogP contribution in [0, 0.1) is 12.7 Å². The van der Waals surface area contributed by atoms with Crippen molar-refractivity contribution in [3.8, 4) is 0 Å². The molecule has 3 nitrogen and oxygen atoms in total. The van der Waals surface area contributed by atoms with Gasteiger partial charge >= 0.3 is 5.97 Å². The van der Waals surface area contributed by atoms with Crippen LogP contribution in [0.15, 0.2) is 30.5 Å². The van der Waals surface area contributed by atoms with Gasteiger partial charge < -0.3 is 10.1 Å². The van der Waals surface area contributed by atoms with Gasteiger partial charge in [-0.15, -0.1) is 0 Å². The number of hydrogen-bond acceptors (Lipinski definition) is 3. The number of hydrogen-bond donors (Lipinski definition) is 1. The first-order chi connectivity index (χ1) is 7.15.